The van der Waals surface area contributed by atoms with Gasteiger partial charge >= 0.3 is 0 Å². The minimum Gasteiger partial charge on any atom is -0.357 e. The average molecular weight is 205 g/mol. The Morgan fingerprint density at radius 3 is 2.80 bits per heavy atom. The highest BCUT2D eigenvalue weighted by molar-refractivity contribution is 5.83. The van der Waals surface area contributed by atoms with E-state index in [0.717, 1.165) is 37.5 Å². The number of hydrogen-bond acceptors (Lipinski definition) is 5. The van der Waals surface area contributed by atoms with Crippen molar-refractivity contribution in [2.75, 3.05) is 30.4 Å². The lowest BCUT2D eigenvalue weighted by atomic mass is 10.1. The Labute approximate surface area is 89.0 Å². The Morgan fingerprint density at radius 1 is 1.40 bits per heavy atom. The first-order chi connectivity index (χ1) is 7.29. The molecule has 0 atom stereocenters. The molecule has 0 unspecified atom stereocenters. The Morgan fingerprint density at radius 2 is 2.13 bits per heavy atom. The second-order valence-electron chi connectivity index (χ2n) is 3.58. The fourth-order valence-electron chi connectivity index (χ4n) is 1.65. The maximum Gasteiger partial charge on any atom is 0.224 e. The van der Waals surface area contributed by atoms with Crippen molar-refractivity contribution in [1.82, 2.24) is 9.97 Å². The molecule has 5 nitrogen and oxygen atoms in total. The molecule has 2 N–H and O–H groups in total. The number of hydrogen-bond donors (Lipinski definition) is 2. The first-order valence-corrected chi connectivity index (χ1v) is 5.11. The van der Waals surface area contributed by atoms with Crippen LogP contribution in [0.15, 0.2) is 12.3 Å². The van der Waals surface area contributed by atoms with Gasteiger partial charge in [-0.15, -0.1) is 0 Å². The van der Waals surface area contributed by atoms with Crippen LogP contribution < -0.4 is 10.2 Å². The molecule has 0 spiro atoms. The summed E-state index contributed by atoms with van der Waals surface area (Å²) in [6.45, 7) is 1.78. The summed E-state index contributed by atoms with van der Waals surface area (Å²) in [4.78, 5) is 10.6. The highest BCUT2D eigenvalue weighted by Crippen LogP contribution is 2.16. The Bertz CT molecular complexity index is 353. The van der Waals surface area contributed by atoms with E-state index in [1.807, 2.05) is 13.1 Å². The van der Waals surface area contributed by atoms with Crippen LogP contribution in [-0.2, 0) is 0 Å². The van der Waals surface area contributed by atoms with E-state index < -0.39 is 0 Å². The van der Waals surface area contributed by atoms with E-state index in [1.165, 1.54) is 0 Å². The first-order valence-electron chi connectivity index (χ1n) is 5.11. The third-order valence-corrected chi connectivity index (χ3v) is 2.56. The third-order valence-electron chi connectivity index (χ3n) is 2.56. The summed E-state index contributed by atoms with van der Waals surface area (Å²) >= 11 is 0. The van der Waals surface area contributed by atoms with E-state index in [2.05, 4.69) is 20.2 Å². The van der Waals surface area contributed by atoms with Gasteiger partial charge in [-0.2, -0.15) is 4.98 Å². The molecule has 1 fully saturated rings. The quantitative estimate of drug-likeness (QED) is 0.759. The van der Waals surface area contributed by atoms with Gasteiger partial charge in [-0.3, -0.25) is 0 Å². The minimum absolute atomic E-state index is 0.646. The highest BCUT2D eigenvalue weighted by atomic mass is 15.2. The summed E-state index contributed by atoms with van der Waals surface area (Å²) in [7, 11) is 1.81. The monoisotopic (exact) mass is 205 g/mol. The van der Waals surface area contributed by atoms with Gasteiger partial charge in [0.15, 0.2) is 0 Å². The molecular weight excluding hydrogens is 190 g/mol. The van der Waals surface area contributed by atoms with E-state index >= 15 is 0 Å². The second-order valence-corrected chi connectivity index (χ2v) is 3.58. The molecule has 0 radical (unpaired) electrons. The van der Waals surface area contributed by atoms with Crippen LogP contribution in [0.2, 0.25) is 0 Å². The number of anilines is 2. The van der Waals surface area contributed by atoms with Gasteiger partial charge in [-0.05, 0) is 6.07 Å². The molecule has 5 heteroatoms. The lowest BCUT2D eigenvalue weighted by molar-refractivity contribution is 0.742. The summed E-state index contributed by atoms with van der Waals surface area (Å²) in [5.41, 5.74) is 0.842. The first kappa shape index (κ1) is 9.89. The predicted octanol–water partition coefficient (Wildman–Crippen LogP) is 1.14. The van der Waals surface area contributed by atoms with E-state index in [9.17, 15) is 0 Å². The number of aromatic nitrogens is 2. The molecule has 80 valence electrons. The minimum atomic E-state index is 0.646. The normalized spacial score (nSPS) is 16.6. The fraction of sp³-hybridized carbons (Fsp3) is 0.500. The molecule has 0 bridgehead atoms. The van der Waals surface area contributed by atoms with E-state index in [0.29, 0.717) is 5.95 Å². The zero-order chi connectivity index (χ0) is 10.7. The van der Waals surface area contributed by atoms with Gasteiger partial charge in [-0.25, -0.2) is 4.98 Å². The van der Waals surface area contributed by atoms with Crippen LogP contribution in [0.25, 0.3) is 0 Å². The topological polar surface area (TPSA) is 64.9 Å². The van der Waals surface area contributed by atoms with Crippen LogP contribution in [0.5, 0.6) is 0 Å². The molecular formula is C10H15N5. The summed E-state index contributed by atoms with van der Waals surface area (Å²) in [5.74, 6) is 1.59. The largest absolute Gasteiger partial charge is 0.357 e. The van der Waals surface area contributed by atoms with E-state index in [-0.39, 0.29) is 0 Å². The average Bonchev–Trinajstić information content (AvgIpc) is 2.30. The highest BCUT2D eigenvalue weighted by Gasteiger charge is 2.15. The third kappa shape index (κ3) is 2.23. The van der Waals surface area contributed by atoms with E-state index in [1.54, 1.807) is 6.20 Å². The fourth-order valence-corrected chi connectivity index (χ4v) is 1.65. The molecule has 0 saturated carbocycles. The van der Waals surface area contributed by atoms with Crippen molar-refractivity contribution in [2.24, 2.45) is 0 Å². The molecule has 0 amide bonds. The molecule has 0 aliphatic carbocycles. The van der Waals surface area contributed by atoms with Gasteiger partial charge in [0.1, 0.15) is 5.82 Å². The molecule has 1 aliphatic heterocycles. The van der Waals surface area contributed by atoms with Crippen molar-refractivity contribution in [3.05, 3.63) is 12.3 Å². The van der Waals surface area contributed by atoms with Crippen molar-refractivity contribution < 1.29 is 0 Å². The van der Waals surface area contributed by atoms with E-state index in [4.69, 9.17) is 5.41 Å². The van der Waals surface area contributed by atoms with Crippen molar-refractivity contribution >= 4 is 17.5 Å². The van der Waals surface area contributed by atoms with Crippen molar-refractivity contribution in [3.8, 4) is 0 Å². The van der Waals surface area contributed by atoms with Crippen molar-refractivity contribution in [3.63, 3.8) is 0 Å². The van der Waals surface area contributed by atoms with Crippen molar-refractivity contribution in [2.45, 2.75) is 12.8 Å². The standard InChI is InChI=1S/C10H15N5/c1-12-10-13-5-2-9(14-10)15-6-3-8(11)4-7-15/h2,5,11H,3-4,6-7H2,1H3,(H,12,13,14). The Kier molecular flexibility index (Phi) is 2.80. The molecule has 1 saturated heterocycles. The molecule has 0 aromatic carbocycles. The Balaban J connectivity index is 2.11. The predicted molar refractivity (Wildman–Crippen MR) is 60.8 cm³/mol. The molecule has 15 heavy (non-hydrogen) atoms. The molecule has 1 aromatic rings. The smallest absolute Gasteiger partial charge is 0.224 e. The summed E-state index contributed by atoms with van der Waals surface area (Å²) in [5, 5.41) is 10.5. The van der Waals surface area contributed by atoms with Crippen LogP contribution >= 0.6 is 0 Å². The van der Waals surface area contributed by atoms with Gasteiger partial charge in [0.2, 0.25) is 5.95 Å². The summed E-state index contributed by atoms with van der Waals surface area (Å²) < 4.78 is 0. The second kappa shape index (κ2) is 4.25. The maximum atomic E-state index is 7.55. The Hall–Kier alpha value is -1.65. The van der Waals surface area contributed by atoms with Crippen LogP contribution in [0.3, 0.4) is 0 Å². The SMILES string of the molecule is CNc1nccc(N2CCC(=N)CC2)n1. The number of piperidine rings is 1. The molecule has 2 heterocycles. The zero-order valence-corrected chi connectivity index (χ0v) is 8.82. The number of nitrogens with one attached hydrogen (secondary N) is 2. The van der Waals surface area contributed by atoms with Gasteiger partial charge in [0.05, 0.1) is 0 Å². The van der Waals surface area contributed by atoms with Crippen molar-refractivity contribution in [1.29, 1.82) is 5.41 Å². The molecule has 1 aliphatic rings. The van der Waals surface area contributed by atoms with Crippen LogP contribution in [0.4, 0.5) is 11.8 Å². The number of rotatable bonds is 2. The van der Waals surface area contributed by atoms with Gasteiger partial charge in [0, 0.05) is 44.9 Å². The number of nitrogens with zero attached hydrogens (tertiary/aromatic N) is 3. The van der Waals surface area contributed by atoms with Gasteiger partial charge in [-0.1, -0.05) is 0 Å². The molecule has 2 rings (SSSR count). The van der Waals surface area contributed by atoms with Gasteiger partial charge < -0.3 is 15.6 Å². The van der Waals surface area contributed by atoms with Crippen LogP contribution in [0.1, 0.15) is 12.8 Å². The molecule has 1 aromatic heterocycles. The maximum absolute atomic E-state index is 7.55. The summed E-state index contributed by atoms with van der Waals surface area (Å²) in [6, 6.07) is 1.91. The lowest BCUT2D eigenvalue weighted by Gasteiger charge is -2.28. The lowest BCUT2D eigenvalue weighted by Crippen LogP contribution is -2.34. The zero-order valence-electron chi connectivity index (χ0n) is 8.82. The summed E-state index contributed by atoms with van der Waals surface area (Å²) in [6.07, 6.45) is 3.45. The van der Waals surface area contributed by atoms with Gasteiger partial charge in [0.25, 0.3) is 0 Å². The van der Waals surface area contributed by atoms with Crippen LogP contribution in [0, 0.1) is 5.41 Å². The van der Waals surface area contributed by atoms with Crippen LogP contribution in [-0.4, -0.2) is 35.8 Å².